The number of hydrogen-bond acceptors (Lipinski definition) is 8. The SMILES string of the molecule is N#CN1CCC(c2nc(COc3ccc(N(N)/C=N\N)cc3)cs2)CC1. The molecule has 1 aliphatic rings. The lowest BCUT2D eigenvalue weighted by molar-refractivity contribution is 0.291. The molecule has 0 aliphatic carbocycles. The van der Waals surface area contributed by atoms with Crippen LogP contribution in [0.2, 0.25) is 0 Å². The second-order valence-corrected chi connectivity index (χ2v) is 6.88. The maximum absolute atomic E-state index is 8.93. The molecular formula is C17H21N7OS. The molecule has 0 atom stereocenters. The van der Waals surface area contributed by atoms with Crippen molar-refractivity contribution in [1.82, 2.24) is 9.88 Å². The summed E-state index contributed by atoms with van der Waals surface area (Å²) in [5.74, 6) is 12.0. The quantitative estimate of drug-likeness (QED) is 0.262. The number of piperidine rings is 1. The number of aromatic nitrogens is 1. The molecule has 0 amide bonds. The third kappa shape index (κ3) is 4.41. The van der Waals surface area contributed by atoms with E-state index in [0.29, 0.717) is 12.5 Å². The molecule has 1 fully saturated rings. The Morgan fingerprint density at radius 3 is 2.77 bits per heavy atom. The molecule has 9 heteroatoms. The molecule has 3 rings (SSSR count). The first-order chi connectivity index (χ1) is 12.7. The number of rotatable bonds is 6. The number of hydrazine groups is 1. The third-order valence-corrected chi connectivity index (χ3v) is 5.32. The minimum absolute atomic E-state index is 0.420. The summed E-state index contributed by atoms with van der Waals surface area (Å²) in [5, 5.41) is 16.8. The van der Waals surface area contributed by atoms with Crippen LogP contribution in [0.4, 0.5) is 5.69 Å². The van der Waals surface area contributed by atoms with Crippen molar-refractivity contribution in [3.8, 4) is 11.9 Å². The molecule has 1 aliphatic heterocycles. The van der Waals surface area contributed by atoms with Gasteiger partial charge in [-0.3, -0.25) is 5.01 Å². The second-order valence-electron chi connectivity index (χ2n) is 5.99. The fraction of sp³-hybridized carbons (Fsp3) is 0.353. The number of hydrazone groups is 1. The van der Waals surface area contributed by atoms with Gasteiger partial charge >= 0.3 is 0 Å². The first kappa shape index (κ1) is 18.0. The van der Waals surface area contributed by atoms with Crippen molar-refractivity contribution in [3.63, 3.8) is 0 Å². The van der Waals surface area contributed by atoms with Crippen molar-refractivity contribution in [2.75, 3.05) is 18.1 Å². The predicted octanol–water partition coefficient (Wildman–Crippen LogP) is 1.96. The van der Waals surface area contributed by atoms with Crippen LogP contribution in [0.5, 0.6) is 5.75 Å². The number of ether oxygens (including phenoxy) is 1. The molecule has 4 N–H and O–H groups in total. The van der Waals surface area contributed by atoms with Crippen LogP contribution in [0.25, 0.3) is 0 Å². The smallest absolute Gasteiger partial charge is 0.179 e. The number of benzene rings is 1. The Morgan fingerprint density at radius 2 is 2.12 bits per heavy atom. The molecule has 0 unspecified atom stereocenters. The van der Waals surface area contributed by atoms with E-state index in [0.717, 1.165) is 48.1 Å². The van der Waals surface area contributed by atoms with Gasteiger partial charge < -0.3 is 15.5 Å². The summed E-state index contributed by atoms with van der Waals surface area (Å²) in [6.07, 6.45) is 5.49. The highest BCUT2D eigenvalue weighted by Crippen LogP contribution is 2.30. The third-order valence-electron chi connectivity index (χ3n) is 4.27. The van der Waals surface area contributed by atoms with E-state index in [1.54, 1.807) is 16.2 Å². The molecule has 1 aromatic heterocycles. The molecule has 8 nitrogen and oxygen atoms in total. The Hall–Kier alpha value is -2.83. The molecule has 1 saturated heterocycles. The largest absolute Gasteiger partial charge is 0.487 e. The van der Waals surface area contributed by atoms with Gasteiger partial charge in [-0.2, -0.15) is 10.4 Å². The molecule has 136 valence electrons. The fourth-order valence-corrected chi connectivity index (χ4v) is 3.79. The fourth-order valence-electron chi connectivity index (χ4n) is 2.81. The number of nitrogens with two attached hydrogens (primary N) is 2. The molecule has 0 bridgehead atoms. The minimum Gasteiger partial charge on any atom is -0.487 e. The summed E-state index contributed by atoms with van der Waals surface area (Å²) in [7, 11) is 0. The van der Waals surface area contributed by atoms with Gasteiger partial charge in [0, 0.05) is 24.4 Å². The second kappa shape index (κ2) is 8.51. The van der Waals surface area contributed by atoms with E-state index in [1.165, 1.54) is 11.3 Å². The van der Waals surface area contributed by atoms with E-state index in [-0.39, 0.29) is 0 Å². The molecule has 26 heavy (non-hydrogen) atoms. The standard InChI is InChI=1S/C17H21N7OS/c18-11-23-7-5-13(6-8-23)17-22-14(10-26-17)9-25-16-3-1-15(2-4-16)24(20)12-21-19/h1-4,10,12-13H,5-9,19-20H2/b21-12-. The highest BCUT2D eigenvalue weighted by molar-refractivity contribution is 7.09. The summed E-state index contributed by atoms with van der Waals surface area (Å²) in [5.41, 5.74) is 1.68. The van der Waals surface area contributed by atoms with E-state index >= 15 is 0 Å². The number of nitriles is 1. The van der Waals surface area contributed by atoms with Crippen molar-refractivity contribution in [2.45, 2.75) is 25.4 Å². The van der Waals surface area contributed by atoms with Gasteiger partial charge in [0.25, 0.3) is 0 Å². The molecule has 0 saturated carbocycles. The minimum atomic E-state index is 0.420. The first-order valence-electron chi connectivity index (χ1n) is 8.28. The topological polar surface area (TPSA) is 117 Å². The summed E-state index contributed by atoms with van der Waals surface area (Å²) < 4.78 is 5.80. The van der Waals surface area contributed by atoms with Crippen LogP contribution >= 0.6 is 11.3 Å². The zero-order valence-corrected chi connectivity index (χ0v) is 15.1. The highest BCUT2D eigenvalue weighted by Gasteiger charge is 2.22. The van der Waals surface area contributed by atoms with Crippen LogP contribution in [-0.2, 0) is 6.61 Å². The van der Waals surface area contributed by atoms with Crippen LogP contribution in [-0.4, -0.2) is 29.3 Å². The maximum Gasteiger partial charge on any atom is 0.179 e. The number of nitrogens with zero attached hydrogens (tertiary/aromatic N) is 5. The Balaban J connectivity index is 1.53. The lowest BCUT2D eigenvalue weighted by Crippen LogP contribution is -2.29. The van der Waals surface area contributed by atoms with E-state index in [2.05, 4.69) is 11.3 Å². The Morgan fingerprint density at radius 1 is 1.38 bits per heavy atom. The molecule has 1 aromatic carbocycles. The molecular weight excluding hydrogens is 350 g/mol. The van der Waals surface area contributed by atoms with Crippen LogP contribution in [0.15, 0.2) is 34.7 Å². The van der Waals surface area contributed by atoms with Gasteiger partial charge in [0.2, 0.25) is 0 Å². The Labute approximate surface area is 156 Å². The van der Waals surface area contributed by atoms with E-state index in [1.807, 2.05) is 29.6 Å². The Bertz CT molecular complexity index is 775. The summed E-state index contributed by atoms with van der Waals surface area (Å²) in [4.78, 5) is 6.51. The summed E-state index contributed by atoms with van der Waals surface area (Å²) in [6, 6.07) is 7.33. The molecule has 2 aromatic rings. The molecule has 2 heterocycles. The normalized spacial score (nSPS) is 15.2. The van der Waals surface area contributed by atoms with Crippen LogP contribution in [0, 0.1) is 11.5 Å². The summed E-state index contributed by atoms with van der Waals surface area (Å²) in [6.45, 7) is 2.04. The Kier molecular flexibility index (Phi) is 5.88. The number of thiazole rings is 1. The van der Waals surface area contributed by atoms with Gasteiger partial charge in [-0.1, -0.05) is 0 Å². The van der Waals surface area contributed by atoms with E-state index < -0.39 is 0 Å². The van der Waals surface area contributed by atoms with E-state index in [4.69, 9.17) is 26.7 Å². The van der Waals surface area contributed by atoms with E-state index in [9.17, 15) is 0 Å². The van der Waals surface area contributed by atoms with Crippen LogP contribution in [0.1, 0.15) is 29.5 Å². The van der Waals surface area contributed by atoms with Gasteiger partial charge in [0.1, 0.15) is 18.7 Å². The van der Waals surface area contributed by atoms with Crippen molar-refractivity contribution in [2.24, 2.45) is 16.8 Å². The lowest BCUT2D eigenvalue weighted by atomic mass is 9.98. The van der Waals surface area contributed by atoms with Crippen LogP contribution < -0.4 is 21.4 Å². The van der Waals surface area contributed by atoms with Gasteiger partial charge in [-0.25, -0.2) is 10.8 Å². The zero-order valence-electron chi connectivity index (χ0n) is 14.3. The number of hydrogen-bond donors (Lipinski definition) is 2. The van der Waals surface area contributed by atoms with Crippen molar-refractivity contribution >= 4 is 23.4 Å². The van der Waals surface area contributed by atoms with Gasteiger partial charge in [0.15, 0.2) is 6.19 Å². The average Bonchev–Trinajstić information content (AvgIpc) is 3.16. The number of anilines is 1. The predicted molar refractivity (Wildman–Crippen MR) is 101 cm³/mol. The maximum atomic E-state index is 8.93. The monoisotopic (exact) mass is 371 g/mol. The first-order valence-corrected chi connectivity index (χ1v) is 9.16. The molecule has 0 spiro atoms. The van der Waals surface area contributed by atoms with Crippen molar-refractivity contribution < 1.29 is 4.74 Å². The zero-order chi connectivity index (χ0) is 18.4. The van der Waals surface area contributed by atoms with Gasteiger partial charge in [-0.05, 0) is 37.1 Å². The van der Waals surface area contributed by atoms with Crippen molar-refractivity contribution in [3.05, 3.63) is 40.3 Å². The van der Waals surface area contributed by atoms with Crippen molar-refractivity contribution in [1.29, 1.82) is 5.26 Å². The number of likely N-dealkylation sites (tertiary alicyclic amines) is 1. The van der Waals surface area contributed by atoms with Gasteiger partial charge in [0.05, 0.1) is 16.4 Å². The lowest BCUT2D eigenvalue weighted by Gasteiger charge is -2.26. The summed E-state index contributed by atoms with van der Waals surface area (Å²) >= 11 is 1.67. The highest BCUT2D eigenvalue weighted by atomic mass is 32.1. The van der Waals surface area contributed by atoms with Crippen LogP contribution in [0.3, 0.4) is 0 Å². The van der Waals surface area contributed by atoms with Gasteiger partial charge in [-0.15, -0.1) is 11.3 Å². The molecule has 0 radical (unpaired) electrons. The average molecular weight is 371 g/mol.